The van der Waals surface area contributed by atoms with Crippen molar-refractivity contribution in [3.05, 3.63) is 30.2 Å². The zero-order valence-electron chi connectivity index (χ0n) is 15.7. The van der Waals surface area contributed by atoms with Crippen LogP contribution in [0.5, 0.6) is 0 Å². The average Bonchev–Trinajstić information content (AvgIpc) is 3.10. The molecule has 5 heteroatoms. The first kappa shape index (κ1) is 17.5. The molecule has 4 rings (SSSR count). The molecule has 0 radical (unpaired) electrons. The van der Waals surface area contributed by atoms with E-state index in [9.17, 15) is 0 Å². The van der Waals surface area contributed by atoms with Gasteiger partial charge < -0.3 is 15.1 Å². The summed E-state index contributed by atoms with van der Waals surface area (Å²) in [6, 6.07) is 8.97. The molecular formula is C21H30N4O. The van der Waals surface area contributed by atoms with Gasteiger partial charge in [0.2, 0.25) is 11.8 Å². The molecule has 140 valence electrons. The van der Waals surface area contributed by atoms with Crippen LogP contribution in [0.15, 0.2) is 28.7 Å². The van der Waals surface area contributed by atoms with Crippen molar-refractivity contribution < 1.29 is 4.42 Å². The average molecular weight is 354 g/mol. The molecular weight excluding hydrogens is 324 g/mol. The Bertz CT molecular complexity index is 711. The lowest BCUT2D eigenvalue weighted by Crippen LogP contribution is -2.39. The minimum Gasteiger partial charge on any atom is -0.421 e. The highest BCUT2D eigenvalue weighted by molar-refractivity contribution is 5.59. The number of aryl methyl sites for hydroxylation is 1. The van der Waals surface area contributed by atoms with Crippen LogP contribution < -0.4 is 10.6 Å². The maximum Gasteiger partial charge on any atom is 0.247 e. The predicted molar refractivity (Wildman–Crippen MR) is 104 cm³/mol. The van der Waals surface area contributed by atoms with E-state index >= 15 is 0 Å². The van der Waals surface area contributed by atoms with Crippen LogP contribution in [0, 0.1) is 18.8 Å². The number of hydrogen-bond donors (Lipinski definition) is 1. The van der Waals surface area contributed by atoms with Crippen LogP contribution in [-0.2, 0) is 0 Å². The zero-order valence-corrected chi connectivity index (χ0v) is 15.7. The lowest BCUT2D eigenvalue weighted by atomic mass is 9.77. The van der Waals surface area contributed by atoms with Crippen LogP contribution in [0.2, 0.25) is 0 Å². The predicted octanol–water partition coefficient (Wildman–Crippen LogP) is 4.17. The van der Waals surface area contributed by atoms with E-state index in [1.165, 1.54) is 50.6 Å². The fourth-order valence-electron chi connectivity index (χ4n) is 4.68. The first-order valence-electron chi connectivity index (χ1n) is 10.1. The second-order valence-corrected chi connectivity index (χ2v) is 8.07. The largest absolute Gasteiger partial charge is 0.421 e. The van der Waals surface area contributed by atoms with E-state index < -0.39 is 0 Å². The van der Waals surface area contributed by atoms with Crippen molar-refractivity contribution in [3.8, 4) is 11.5 Å². The van der Waals surface area contributed by atoms with Crippen molar-refractivity contribution in [2.75, 3.05) is 18.0 Å². The molecule has 2 fully saturated rings. The van der Waals surface area contributed by atoms with E-state index in [1.54, 1.807) is 0 Å². The Hall–Kier alpha value is -1.88. The minimum atomic E-state index is 0.427. The number of hydrogen-bond acceptors (Lipinski definition) is 5. The van der Waals surface area contributed by atoms with Gasteiger partial charge in [-0.3, -0.25) is 0 Å². The van der Waals surface area contributed by atoms with Crippen LogP contribution >= 0.6 is 0 Å². The maximum absolute atomic E-state index is 6.38. The van der Waals surface area contributed by atoms with Gasteiger partial charge in [-0.25, -0.2) is 0 Å². The minimum absolute atomic E-state index is 0.427. The second kappa shape index (κ2) is 7.78. The summed E-state index contributed by atoms with van der Waals surface area (Å²) in [6.45, 7) is 4.12. The van der Waals surface area contributed by atoms with Gasteiger partial charge in [-0.05, 0) is 68.2 Å². The third-order valence-electron chi connectivity index (χ3n) is 6.13. The molecule has 5 nitrogen and oxygen atoms in total. The first-order valence-corrected chi connectivity index (χ1v) is 10.1. The molecule has 2 heterocycles. The first-order chi connectivity index (χ1) is 12.7. The monoisotopic (exact) mass is 354 g/mol. The van der Waals surface area contributed by atoms with Gasteiger partial charge >= 0.3 is 0 Å². The summed E-state index contributed by atoms with van der Waals surface area (Å²) < 4.78 is 5.52. The Kier molecular flexibility index (Phi) is 5.25. The molecule has 1 aromatic heterocycles. The quantitative estimate of drug-likeness (QED) is 0.892. The molecule has 1 aromatic carbocycles. The van der Waals surface area contributed by atoms with E-state index in [0.29, 0.717) is 17.8 Å². The number of piperidine rings is 1. The number of rotatable bonds is 4. The van der Waals surface area contributed by atoms with Crippen LogP contribution in [0.25, 0.3) is 11.5 Å². The Labute approximate surface area is 156 Å². The summed E-state index contributed by atoms with van der Waals surface area (Å²) in [6.07, 6.45) is 9.16. The molecule has 2 aromatic rings. The Morgan fingerprint density at radius 3 is 2.62 bits per heavy atom. The summed E-state index contributed by atoms with van der Waals surface area (Å²) in [4.78, 5) is 2.53. The number of benzene rings is 1. The molecule has 26 heavy (non-hydrogen) atoms. The summed E-state index contributed by atoms with van der Waals surface area (Å²) in [7, 11) is 0. The summed E-state index contributed by atoms with van der Waals surface area (Å²) in [5.41, 5.74) is 8.66. The topological polar surface area (TPSA) is 68.2 Å². The van der Waals surface area contributed by atoms with Gasteiger partial charge in [-0.2, -0.15) is 0 Å². The van der Waals surface area contributed by atoms with E-state index in [0.717, 1.165) is 30.5 Å². The number of aromatic nitrogens is 2. The van der Waals surface area contributed by atoms with Gasteiger partial charge in [-0.15, -0.1) is 10.2 Å². The maximum atomic E-state index is 6.38. The summed E-state index contributed by atoms with van der Waals surface area (Å²) >= 11 is 0. The molecule has 1 unspecified atom stereocenters. The number of anilines is 1. The van der Waals surface area contributed by atoms with E-state index in [2.05, 4.69) is 39.4 Å². The van der Waals surface area contributed by atoms with Gasteiger partial charge in [-0.1, -0.05) is 12.8 Å². The van der Waals surface area contributed by atoms with Gasteiger partial charge in [0.15, 0.2) is 0 Å². The standard InChI is InChI=1S/C21H30N4O/c1-15-23-24-21(26-15)17-8-10-19(11-9-17)25-12-4-5-16(14-25)13-18-6-2-3-7-20(18)22/h8-11,16,18,20H,2-7,12-14,22H2,1H3/t16?,18-,20+/m0/s1. The Morgan fingerprint density at radius 1 is 1.08 bits per heavy atom. The lowest BCUT2D eigenvalue weighted by Gasteiger charge is -2.38. The molecule has 2 aliphatic rings. The SMILES string of the molecule is Cc1nnc(-c2ccc(N3CCCC(C[C@@H]4CCCC[C@H]4N)C3)cc2)o1. The van der Waals surface area contributed by atoms with Crippen LogP contribution in [0.1, 0.15) is 50.8 Å². The van der Waals surface area contributed by atoms with Gasteiger partial charge in [0.25, 0.3) is 0 Å². The summed E-state index contributed by atoms with van der Waals surface area (Å²) in [5.74, 6) is 2.70. The van der Waals surface area contributed by atoms with Gasteiger partial charge in [0.05, 0.1) is 0 Å². The summed E-state index contributed by atoms with van der Waals surface area (Å²) in [5, 5.41) is 8.01. The van der Waals surface area contributed by atoms with E-state index in [4.69, 9.17) is 10.2 Å². The smallest absolute Gasteiger partial charge is 0.247 e. The van der Waals surface area contributed by atoms with Gasteiger partial charge in [0.1, 0.15) is 0 Å². The third kappa shape index (κ3) is 3.93. The molecule has 1 saturated heterocycles. The van der Waals surface area contributed by atoms with Crippen molar-refractivity contribution in [2.24, 2.45) is 17.6 Å². The fourth-order valence-corrected chi connectivity index (χ4v) is 4.68. The van der Waals surface area contributed by atoms with Crippen molar-refractivity contribution >= 4 is 5.69 Å². The van der Waals surface area contributed by atoms with Crippen LogP contribution in [0.4, 0.5) is 5.69 Å². The van der Waals surface area contributed by atoms with Crippen molar-refractivity contribution in [1.29, 1.82) is 0 Å². The van der Waals surface area contributed by atoms with Crippen LogP contribution in [-0.4, -0.2) is 29.3 Å². The third-order valence-corrected chi connectivity index (χ3v) is 6.13. The van der Waals surface area contributed by atoms with Gasteiger partial charge in [0, 0.05) is 37.3 Å². The van der Waals surface area contributed by atoms with E-state index in [-0.39, 0.29) is 0 Å². The van der Waals surface area contributed by atoms with E-state index in [1.807, 2.05) is 6.92 Å². The van der Waals surface area contributed by atoms with Crippen molar-refractivity contribution in [3.63, 3.8) is 0 Å². The molecule has 0 bridgehead atoms. The highest BCUT2D eigenvalue weighted by Crippen LogP contribution is 2.33. The second-order valence-electron chi connectivity index (χ2n) is 8.07. The van der Waals surface area contributed by atoms with Crippen molar-refractivity contribution in [2.45, 2.75) is 57.9 Å². The zero-order chi connectivity index (χ0) is 17.9. The Morgan fingerprint density at radius 2 is 1.88 bits per heavy atom. The Balaban J connectivity index is 1.39. The molecule has 3 atom stereocenters. The fraction of sp³-hybridized carbons (Fsp3) is 0.619. The number of nitrogens with two attached hydrogens (primary N) is 1. The molecule has 2 N–H and O–H groups in total. The molecule has 0 spiro atoms. The molecule has 0 amide bonds. The highest BCUT2D eigenvalue weighted by atomic mass is 16.4. The number of nitrogens with zero attached hydrogens (tertiary/aromatic N) is 3. The molecule has 1 saturated carbocycles. The highest BCUT2D eigenvalue weighted by Gasteiger charge is 2.28. The molecule has 1 aliphatic carbocycles. The van der Waals surface area contributed by atoms with Crippen LogP contribution in [0.3, 0.4) is 0 Å². The van der Waals surface area contributed by atoms with Crippen molar-refractivity contribution in [1.82, 2.24) is 10.2 Å². The molecule has 1 aliphatic heterocycles. The lowest BCUT2D eigenvalue weighted by molar-refractivity contribution is 0.237. The normalized spacial score (nSPS) is 26.8.